The summed E-state index contributed by atoms with van der Waals surface area (Å²) in [7, 11) is 1.77. The van der Waals surface area contributed by atoms with Gasteiger partial charge in [-0.3, -0.25) is 0 Å². The Hall–Kier alpha value is -0.130. The molecule has 1 nitrogen and oxygen atoms in total. The molecular weight excluding hydrogens is 360 g/mol. The van der Waals surface area contributed by atoms with Crippen LogP contribution in [0.2, 0.25) is 9.36 Å². The molecular formula is C12H9BrCl2FNS. The summed E-state index contributed by atoms with van der Waals surface area (Å²) in [6, 6.07) is 6.14. The minimum atomic E-state index is -0.292. The molecule has 0 saturated heterocycles. The highest BCUT2D eigenvalue weighted by molar-refractivity contribution is 9.10. The third-order valence-corrected chi connectivity index (χ3v) is 5.28. The van der Waals surface area contributed by atoms with Crippen LogP contribution in [0.1, 0.15) is 16.5 Å². The van der Waals surface area contributed by atoms with Crippen LogP contribution in [0.15, 0.2) is 28.7 Å². The fourth-order valence-electron chi connectivity index (χ4n) is 1.69. The molecule has 0 radical (unpaired) electrons. The second kappa shape index (κ2) is 5.88. The molecule has 1 aromatic heterocycles. The van der Waals surface area contributed by atoms with Gasteiger partial charge in [0.15, 0.2) is 0 Å². The van der Waals surface area contributed by atoms with Gasteiger partial charge in [0.05, 0.1) is 6.04 Å². The van der Waals surface area contributed by atoms with Crippen LogP contribution in [0.4, 0.5) is 4.39 Å². The Bertz CT molecular complexity index is 554. The van der Waals surface area contributed by atoms with Gasteiger partial charge in [-0.1, -0.05) is 23.2 Å². The van der Waals surface area contributed by atoms with Crippen molar-refractivity contribution in [1.82, 2.24) is 5.32 Å². The standard InChI is InChI=1S/C12H9BrCl2FNS/c1-17-11(10-5-8(13)12(15)18-10)7-4-6(14)2-3-9(7)16/h2-5,11,17H,1H3. The van der Waals surface area contributed by atoms with Crippen LogP contribution in [0, 0.1) is 5.82 Å². The average molecular weight is 369 g/mol. The molecule has 0 aliphatic carbocycles. The van der Waals surface area contributed by atoms with Gasteiger partial charge in [0.25, 0.3) is 0 Å². The quantitative estimate of drug-likeness (QED) is 0.778. The minimum absolute atomic E-state index is 0.266. The maximum atomic E-state index is 13.9. The zero-order valence-corrected chi connectivity index (χ0v) is 13.2. The lowest BCUT2D eigenvalue weighted by Crippen LogP contribution is -2.17. The molecule has 0 saturated carbocycles. The maximum absolute atomic E-state index is 13.9. The van der Waals surface area contributed by atoms with Crippen molar-refractivity contribution in [3.63, 3.8) is 0 Å². The highest BCUT2D eigenvalue weighted by atomic mass is 79.9. The predicted molar refractivity (Wildman–Crippen MR) is 79.3 cm³/mol. The summed E-state index contributed by atoms with van der Waals surface area (Å²) in [5.41, 5.74) is 0.510. The van der Waals surface area contributed by atoms with Crippen molar-refractivity contribution in [2.24, 2.45) is 0 Å². The van der Waals surface area contributed by atoms with Gasteiger partial charge in [-0.25, -0.2) is 4.39 Å². The Labute approximate surface area is 127 Å². The normalized spacial score (nSPS) is 12.7. The van der Waals surface area contributed by atoms with E-state index in [1.807, 2.05) is 6.07 Å². The molecule has 0 amide bonds. The van der Waals surface area contributed by atoms with Crippen molar-refractivity contribution in [3.05, 3.63) is 54.4 Å². The van der Waals surface area contributed by atoms with Gasteiger partial charge in [-0.15, -0.1) is 11.3 Å². The zero-order valence-electron chi connectivity index (χ0n) is 9.31. The summed E-state index contributed by atoms with van der Waals surface area (Å²) < 4.78 is 15.3. The van der Waals surface area contributed by atoms with Crippen LogP contribution < -0.4 is 5.32 Å². The fourth-order valence-corrected chi connectivity index (χ4v) is 3.74. The molecule has 1 heterocycles. The van der Waals surface area contributed by atoms with Gasteiger partial charge in [-0.05, 0) is 47.2 Å². The first-order valence-corrected chi connectivity index (χ1v) is 7.46. The Morgan fingerprint density at radius 2 is 2.06 bits per heavy atom. The molecule has 2 rings (SSSR count). The van der Waals surface area contributed by atoms with Gasteiger partial charge in [0.1, 0.15) is 10.2 Å². The molecule has 96 valence electrons. The van der Waals surface area contributed by atoms with Gasteiger partial charge < -0.3 is 5.32 Å². The largest absolute Gasteiger partial charge is 0.309 e. The van der Waals surface area contributed by atoms with Crippen LogP contribution in [-0.2, 0) is 0 Å². The van der Waals surface area contributed by atoms with E-state index in [0.29, 0.717) is 14.9 Å². The zero-order chi connectivity index (χ0) is 13.3. The molecule has 1 unspecified atom stereocenters. The summed E-state index contributed by atoms with van der Waals surface area (Å²) in [4.78, 5) is 0.926. The number of halogens is 4. The third kappa shape index (κ3) is 2.89. The van der Waals surface area contributed by atoms with Crippen LogP contribution in [0.3, 0.4) is 0 Å². The summed E-state index contributed by atoms with van der Waals surface area (Å²) in [6.07, 6.45) is 0. The minimum Gasteiger partial charge on any atom is -0.309 e. The van der Waals surface area contributed by atoms with Crippen molar-refractivity contribution in [2.45, 2.75) is 6.04 Å². The van der Waals surface area contributed by atoms with E-state index in [2.05, 4.69) is 21.2 Å². The van der Waals surface area contributed by atoms with Crippen molar-refractivity contribution in [1.29, 1.82) is 0 Å². The molecule has 6 heteroatoms. The van der Waals surface area contributed by atoms with E-state index in [1.165, 1.54) is 23.5 Å². The lowest BCUT2D eigenvalue weighted by atomic mass is 10.1. The average Bonchev–Trinajstić information content (AvgIpc) is 2.65. The first-order chi connectivity index (χ1) is 8.52. The van der Waals surface area contributed by atoms with E-state index in [9.17, 15) is 4.39 Å². The van der Waals surface area contributed by atoms with Crippen molar-refractivity contribution in [2.75, 3.05) is 7.05 Å². The molecule has 0 fully saturated rings. The van der Waals surface area contributed by atoms with E-state index >= 15 is 0 Å². The number of nitrogens with one attached hydrogen (secondary N) is 1. The molecule has 0 aliphatic rings. The summed E-state index contributed by atoms with van der Waals surface area (Å²) in [6.45, 7) is 0. The Morgan fingerprint density at radius 1 is 1.33 bits per heavy atom. The van der Waals surface area contributed by atoms with Crippen LogP contribution >= 0.6 is 50.5 Å². The van der Waals surface area contributed by atoms with E-state index < -0.39 is 0 Å². The lowest BCUT2D eigenvalue weighted by molar-refractivity contribution is 0.579. The smallest absolute Gasteiger partial charge is 0.128 e. The number of hydrogen-bond donors (Lipinski definition) is 1. The Kier molecular flexibility index (Phi) is 4.67. The maximum Gasteiger partial charge on any atom is 0.128 e. The van der Waals surface area contributed by atoms with Crippen LogP contribution in [0.5, 0.6) is 0 Å². The SMILES string of the molecule is CNC(c1cc(Br)c(Cl)s1)c1cc(Cl)ccc1F. The monoisotopic (exact) mass is 367 g/mol. The van der Waals surface area contributed by atoms with Crippen LogP contribution in [0.25, 0.3) is 0 Å². The van der Waals surface area contributed by atoms with E-state index in [1.54, 1.807) is 13.1 Å². The summed E-state index contributed by atoms with van der Waals surface area (Å²) in [5, 5.41) is 3.58. The topological polar surface area (TPSA) is 12.0 Å². The highest BCUT2D eigenvalue weighted by Gasteiger charge is 2.19. The van der Waals surface area contributed by atoms with Crippen molar-refractivity contribution in [3.8, 4) is 0 Å². The molecule has 1 N–H and O–H groups in total. The molecule has 0 bridgehead atoms. The van der Waals surface area contributed by atoms with Gasteiger partial charge in [-0.2, -0.15) is 0 Å². The van der Waals surface area contributed by atoms with Gasteiger partial charge in [0, 0.05) is 19.9 Å². The molecule has 0 aliphatic heterocycles. The number of benzene rings is 1. The Balaban J connectivity index is 2.48. The second-order valence-electron chi connectivity index (χ2n) is 3.66. The highest BCUT2D eigenvalue weighted by Crippen LogP contribution is 2.38. The molecule has 2 aromatic rings. The molecule has 18 heavy (non-hydrogen) atoms. The summed E-state index contributed by atoms with van der Waals surface area (Å²) in [5.74, 6) is -0.292. The van der Waals surface area contributed by atoms with E-state index in [-0.39, 0.29) is 11.9 Å². The summed E-state index contributed by atoms with van der Waals surface area (Å²) >= 11 is 16.7. The second-order valence-corrected chi connectivity index (χ2v) is 6.63. The van der Waals surface area contributed by atoms with E-state index in [4.69, 9.17) is 23.2 Å². The molecule has 0 spiro atoms. The number of hydrogen-bond acceptors (Lipinski definition) is 2. The number of rotatable bonds is 3. The third-order valence-electron chi connectivity index (χ3n) is 2.51. The fraction of sp³-hybridized carbons (Fsp3) is 0.167. The Morgan fingerprint density at radius 3 is 2.61 bits per heavy atom. The lowest BCUT2D eigenvalue weighted by Gasteiger charge is -2.16. The molecule has 1 aromatic carbocycles. The molecule has 1 atom stereocenters. The van der Waals surface area contributed by atoms with E-state index in [0.717, 1.165) is 9.35 Å². The van der Waals surface area contributed by atoms with Crippen molar-refractivity contribution >= 4 is 50.5 Å². The number of thiophene rings is 1. The van der Waals surface area contributed by atoms with Gasteiger partial charge in [0.2, 0.25) is 0 Å². The first kappa shape index (κ1) is 14.3. The van der Waals surface area contributed by atoms with Gasteiger partial charge >= 0.3 is 0 Å². The predicted octanol–water partition coefficient (Wildman–Crippen LogP) is 5.27. The van der Waals surface area contributed by atoms with Crippen molar-refractivity contribution < 1.29 is 4.39 Å². The van der Waals surface area contributed by atoms with Crippen LogP contribution in [-0.4, -0.2) is 7.05 Å². The first-order valence-electron chi connectivity index (χ1n) is 5.10.